The second kappa shape index (κ2) is 9.14. The van der Waals surface area contributed by atoms with Crippen LogP contribution in [-0.4, -0.2) is 74.5 Å². The van der Waals surface area contributed by atoms with Crippen LogP contribution >= 0.6 is 0 Å². The average Bonchev–Trinajstić information content (AvgIpc) is 3.19. The van der Waals surface area contributed by atoms with Crippen molar-refractivity contribution in [1.29, 1.82) is 0 Å². The normalized spacial score (nSPS) is 24.9. The van der Waals surface area contributed by atoms with Crippen molar-refractivity contribution in [1.82, 2.24) is 14.5 Å². The lowest BCUT2D eigenvalue weighted by atomic mass is 10.1. The van der Waals surface area contributed by atoms with Gasteiger partial charge in [0.2, 0.25) is 0 Å². The van der Waals surface area contributed by atoms with Crippen LogP contribution in [-0.2, 0) is 14.5 Å². The summed E-state index contributed by atoms with van der Waals surface area (Å²) in [6.07, 6.45) is -3.20. The number of ether oxygens (including phenoxy) is 1. The molecule has 0 radical (unpaired) electrons. The molecule has 0 saturated carbocycles. The van der Waals surface area contributed by atoms with Crippen molar-refractivity contribution in [3.8, 4) is 0 Å². The Bertz CT molecular complexity index is 1040. The van der Waals surface area contributed by atoms with Crippen LogP contribution in [0.1, 0.15) is 33.4 Å². The number of carbonyl (C=O) groups is 2. The van der Waals surface area contributed by atoms with E-state index < -0.39 is 30.2 Å². The zero-order valence-electron chi connectivity index (χ0n) is 16.9. The summed E-state index contributed by atoms with van der Waals surface area (Å²) in [5, 5.41) is 20.4. The lowest BCUT2D eigenvalue weighted by molar-refractivity contribution is -0.310. The third-order valence-corrected chi connectivity index (χ3v) is 5.27. The summed E-state index contributed by atoms with van der Waals surface area (Å²) in [4.78, 5) is 51.3. The molecule has 4 N–H and O–H groups in total. The predicted octanol–water partition coefficient (Wildman–Crippen LogP) is -0.921. The monoisotopic (exact) mass is 446 g/mol. The number of fused-ring (bicyclic) bond motifs is 1. The maximum Gasteiger partial charge on any atom is 0.351 e. The minimum absolute atomic E-state index is 0.0220. The number of aliphatic hydroxyl groups is 2. The van der Waals surface area contributed by atoms with Crippen LogP contribution < -0.4 is 11.4 Å². The molecule has 2 aliphatic heterocycles. The zero-order valence-corrected chi connectivity index (χ0v) is 16.9. The lowest BCUT2D eigenvalue weighted by Crippen LogP contribution is -2.36. The van der Waals surface area contributed by atoms with E-state index in [0.29, 0.717) is 17.5 Å². The average molecular weight is 446 g/mol. The summed E-state index contributed by atoms with van der Waals surface area (Å²) in [6, 6.07) is 7.99. The second-order valence-corrected chi connectivity index (χ2v) is 7.36. The summed E-state index contributed by atoms with van der Waals surface area (Å²) < 4.78 is 6.55. The van der Waals surface area contributed by atoms with Gasteiger partial charge in [-0.3, -0.25) is 19.1 Å². The highest BCUT2D eigenvalue weighted by Crippen LogP contribution is 2.28. The summed E-state index contributed by atoms with van der Waals surface area (Å²) >= 11 is 0. The van der Waals surface area contributed by atoms with Crippen molar-refractivity contribution in [2.75, 3.05) is 25.5 Å². The maximum absolute atomic E-state index is 12.3. The van der Waals surface area contributed by atoms with E-state index in [4.69, 9.17) is 20.2 Å². The molecule has 1 aromatic carbocycles. The molecule has 4 rings (SSSR count). The first-order valence-corrected chi connectivity index (χ1v) is 9.94. The molecule has 0 bridgehead atoms. The highest BCUT2D eigenvalue weighted by molar-refractivity contribution is 6.21. The molecular weight excluding hydrogens is 424 g/mol. The number of carbonyl (C=O) groups excluding carboxylic acids is 2. The number of benzene rings is 1. The summed E-state index contributed by atoms with van der Waals surface area (Å²) in [6.45, 7) is 0.00847. The number of hydrogen-bond acceptors (Lipinski definition) is 10. The Kier molecular flexibility index (Phi) is 6.30. The quantitative estimate of drug-likeness (QED) is 0.200. The number of imide groups is 1. The van der Waals surface area contributed by atoms with Gasteiger partial charge in [-0.25, -0.2) is 14.6 Å². The van der Waals surface area contributed by atoms with Gasteiger partial charge in [0.15, 0.2) is 6.23 Å². The van der Waals surface area contributed by atoms with Crippen molar-refractivity contribution in [2.24, 2.45) is 0 Å². The number of nitrogen functional groups attached to an aromatic ring is 1. The molecule has 0 unspecified atom stereocenters. The van der Waals surface area contributed by atoms with Crippen molar-refractivity contribution in [3.05, 3.63) is 58.1 Å². The SMILES string of the molecule is Nc1ccn([C@@H]2O[C@H](COOCCCN3C(=O)c4ccccc4C3=O)[C@@H](O)[C@H]2O)c(=O)n1. The first-order chi connectivity index (χ1) is 15.4. The van der Waals surface area contributed by atoms with E-state index in [1.54, 1.807) is 24.3 Å². The van der Waals surface area contributed by atoms with E-state index in [0.717, 1.165) is 9.47 Å². The zero-order chi connectivity index (χ0) is 22.8. The fraction of sp³-hybridized carbons (Fsp3) is 0.400. The number of nitrogens with two attached hydrogens (primary N) is 1. The van der Waals surface area contributed by atoms with E-state index in [1.807, 2.05) is 0 Å². The Morgan fingerprint density at radius 3 is 2.38 bits per heavy atom. The van der Waals surface area contributed by atoms with E-state index in [9.17, 15) is 24.6 Å². The standard InChI is InChI=1S/C20H22N4O8/c21-14-6-8-24(20(29)22-14)19-16(26)15(25)13(32-19)10-31-30-9-3-7-23-17(27)11-4-1-2-5-12(11)18(23)28/h1-2,4-6,8,13,15-16,19,25-26H,3,7,9-10H2,(H2,21,22,29)/t13-,15-,16-,19-/m1/s1. The van der Waals surface area contributed by atoms with Gasteiger partial charge < -0.3 is 20.7 Å². The molecule has 1 aromatic heterocycles. The number of aliphatic hydroxyl groups excluding tert-OH is 2. The first kappa shape index (κ1) is 22.0. The van der Waals surface area contributed by atoms with Gasteiger partial charge in [0.1, 0.15) is 30.7 Å². The third-order valence-electron chi connectivity index (χ3n) is 5.27. The third kappa shape index (κ3) is 4.13. The summed E-state index contributed by atoms with van der Waals surface area (Å²) in [7, 11) is 0. The minimum Gasteiger partial charge on any atom is -0.387 e. The van der Waals surface area contributed by atoms with Crippen LogP contribution in [0.2, 0.25) is 0 Å². The molecule has 32 heavy (non-hydrogen) atoms. The van der Waals surface area contributed by atoms with Crippen molar-refractivity contribution >= 4 is 17.6 Å². The molecule has 170 valence electrons. The molecule has 3 heterocycles. The molecule has 2 amide bonds. The smallest absolute Gasteiger partial charge is 0.351 e. The van der Waals surface area contributed by atoms with Crippen LogP contribution in [0.3, 0.4) is 0 Å². The second-order valence-electron chi connectivity index (χ2n) is 7.36. The highest BCUT2D eigenvalue weighted by atomic mass is 17.2. The highest BCUT2D eigenvalue weighted by Gasteiger charge is 2.44. The summed E-state index contributed by atoms with van der Waals surface area (Å²) in [5.41, 5.74) is 5.48. The van der Waals surface area contributed by atoms with Crippen molar-refractivity contribution in [3.63, 3.8) is 0 Å². The minimum atomic E-state index is -1.39. The number of nitrogens with zero attached hydrogens (tertiary/aromatic N) is 3. The van der Waals surface area contributed by atoms with Crippen LogP contribution in [0, 0.1) is 0 Å². The lowest BCUT2D eigenvalue weighted by Gasteiger charge is -2.16. The van der Waals surface area contributed by atoms with E-state index in [-0.39, 0.29) is 37.4 Å². The van der Waals surface area contributed by atoms with Gasteiger partial charge in [-0.05, 0) is 24.6 Å². The largest absolute Gasteiger partial charge is 0.387 e. The van der Waals surface area contributed by atoms with E-state index in [1.165, 1.54) is 12.3 Å². The Hall–Kier alpha value is -3.16. The molecule has 1 saturated heterocycles. The predicted molar refractivity (Wildman–Crippen MR) is 107 cm³/mol. The first-order valence-electron chi connectivity index (χ1n) is 9.94. The fourth-order valence-corrected chi connectivity index (χ4v) is 3.61. The van der Waals surface area contributed by atoms with Gasteiger partial charge in [-0.15, -0.1) is 0 Å². The number of aromatic nitrogens is 2. The molecule has 12 heteroatoms. The molecule has 2 aromatic rings. The van der Waals surface area contributed by atoms with Gasteiger partial charge in [-0.2, -0.15) is 4.98 Å². The van der Waals surface area contributed by atoms with Gasteiger partial charge in [0.05, 0.1) is 17.7 Å². The van der Waals surface area contributed by atoms with Crippen molar-refractivity contribution < 1.29 is 34.3 Å². The van der Waals surface area contributed by atoms with E-state index in [2.05, 4.69) is 4.98 Å². The molecule has 12 nitrogen and oxygen atoms in total. The molecular formula is C20H22N4O8. The molecule has 2 aliphatic rings. The number of amides is 2. The Morgan fingerprint density at radius 1 is 1.03 bits per heavy atom. The van der Waals surface area contributed by atoms with Crippen LogP contribution in [0.4, 0.5) is 5.82 Å². The van der Waals surface area contributed by atoms with Gasteiger partial charge >= 0.3 is 5.69 Å². The number of anilines is 1. The van der Waals surface area contributed by atoms with Crippen LogP contribution in [0.5, 0.6) is 0 Å². The van der Waals surface area contributed by atoms with Crippen LogP contribution in [0.25, 0.3) is 0 Å². The summed E-state index contributed by atoms with van der Waals surface area (Å²) in [5.74, 6) is -0.670. The maximum atomic E-state index is 12.3. The Labute approximate surface area is 181 Å². The molecule has 1 fully saturated rings. The van der Waals surface area contributed by atoms with Gasteiger partial charge in [0, 0.05) is 12.7 Å². The fourth-order valence-electron chi connectivity index (χ4n) is 3.61. The van der Waals surface area contributed by atoms with Crippen molar-refractivity contribution in [2.45, 2.75) is 31.0 Å². The Balaban J connectivity index is 1.21. The molecule has 0 aliphatic carbocycles. The van der Waals surface area contributed by atoms with Gasteiger partial charge in [0.25, 0.3) is 11.8 Å². The molecule has 4 atom stereocenters. The topological polar surface area (TPSA) is 166 Å². The number of rotatable bonds is 8. The van der Waals surface area contributed by atoms with E-state index >= 15 is 0 Å². The Morgan fingerprint density at radius 2 is 1.72 bits per heavy atom. The van der Waals surface area contributed by atoms with Crippen LogP contribution in [0.15, 0.2) is 41.3 Å². The number of hydrogen-bond donors (Lipinski definition) is 3. The van der Waals surface area contributed by atoms with Gasteiger partial charge in [-0.1, -0.05) is 12.1 Å². The molecule has 0 spiro atoms.